The van der Waals surface area contributed by atoms with E-state index in [-0.39, 0.29) is 5.91 Å². The highest BCUT2D eigenvalue weighted by Gasteiger charge is 2.07. The standard InChI is InChI=1S/C14H21N3O2S/c1-10(18)9-17(2)7-6-13(19)16-12-5-3-4-11(8-12)14(15)20/h3-5,8,10,18H,6-7,9H2,1-2H3,(H2,15,20)(H,16,19). The second kappa shape index (κ2) is 7.94. The molecule has 0 aromatic heterocycles. The number of nitrogens with two attached hydrogens (primary N) is 1. The molecule has 5 nitrogen and oxygen atoms in total. The van der Waals surface area contributed by atoms with E-state index in [1.165, 1.54) is 0 Å². The molecular weight excluding hydrogens is 274 g/mol. The first-order chi connectivity index (χ1) is 9.38. The number of thiocarbonyl (C=S) groups is 1. The lowest BCUT2D eigenvalue weighted by Gasteiger charge is -2.17. The predicted octanol–water partition coefficient (Wildman–Crippen LogP) is 0.962. The van der Waals surface area contributed by atoms with Crippen molar-refractivity contribution in [3.05, 3.63) is 29.8 Å². The van der Waals surface area contributed by atoms with Crippen LogP contribution >= 0.6 is 12.2 Å². The molecule has 20 heavy (non-hydrogen) atoms. The Morgan fingerprint density at radius 2 is 2.25 bits per heavy atom. The number of hydrogen-bond donors (Lipinski definition) is 3. The van der Waals surface area contributed by atoms with Gasteiger partial charge >= 0.3 is 0 Å². The molecule has 110 valence electrons. The van der Waals surface area contributed by atoms with Gasteiger partial charge in [0, 0.05) is 30.8 Å². The van der Waals surface area contributed by atoms with Crippen LogP contribution in [0.25, 0.3) is 0 Å². The molecule has 0 aliphatic heterocycles. The molecule has 1 unspecified atom stereocenters. The predicted molar refractivity (Wildman–Crippen MR) is 84.8 cm³/mol. The molecule has 0 aliphatic carbocycles. The van der Waals surface area contributed by atoms with Crippen molar-refractivity contribution in [3.63, 3.8) is 0 Å². The summed E-state index contributed by atoms with van der Waals surface area (Å²) in [6.45, 7) is 2.85. The molecule has 0 fully saturated rings. The number of anilines is 1. The van der Waals surface area contributed by atoms with Gasteiger partial charge in [-0.05, 0) is 26.1 Å². The van der Waals surface area contributed by atoms with Crippen molar-refractivity contribution in [3.8, 4) is 0 Å². The number of amides is 1. The van der Waals surface area contributed by atoms with Crippen molar-refractivity contribution in [1.29, 1.82) is 0 Å². The topological polar surface area (TPSA) is 78.6 Å². The van der Waals surface area contributed by atoms with E-state index in [0.29, 0.717) is 30.2 Å². The minimum absolute atomic E-state index is 0.0810. The molecule has 1 rings (SSSR count). The zero-order chi connectivity index (χ0) is 15.1. The smallest absolute Gasteiger partial charge is 0.225 e. The Bertz CT molecular complexity index is 477. The number of nitrogens with one attached hydrogen (secondary N) is 1. The second-order valence-electron chi connectivity index (χ2n) is 4.85. The van der Waals surface area contributed by atoms with Gasteiger partial charge in [0.05, 0.1) is 6.10 Å². The van der Waals surface area contributed by atoms with Gasteiger partial charge in [-0.15, -0.1) is 0 Å². The maximum absolute atomic E-state index is 11.8. The van der Waals surface area contributed by atoms with Crippen LogP contribution in [0.1, 0.15) is 18.9 Å². The molecule has 0 saturated heterocycles. The quantitative estimate of drug-likeness (QED) is 0.653. The number of carbonyl (C=O) groups is 1. The lowest BCUT2D eigenvalue weighted by molar-refractivity contribution is -0.116. The zero-order valence-electron chi connectivity index (χ0n) is 11.8. The van der Waals surface area contributed by atoms with Crippen molar-refractivity contribution in [2.45, 2.75) is 19.4 Å². The molecule has 0 saturated carbocycles. The number of hydrogen-bond acceptors (Lipinski definition) is 4. The normalized spacial score (nSPS) is 12.2. The van der Waals surface area contributed by atoms with Gasteiger partial charge in [0.1, 0.15) is 4.99 Å². The third-order valence-corrected chi connectivity index (χ3v) is 2.96. The summed E-state index contributed by atoms with van der Waals surface area (Å²) in [6, 6.07) is 7.14. The molecular formula is C14H21N3O2S. The van der Waals surface area contributed by atoms with Gasteiger partial charge in [0.2, 0.25) is 5.91 Å². The Balaban J connectivity index is 2.46. The molecule has 1 amide bonds. The van der Waals surface area contributed by atoms with Gasteiger partial charge in [-0.3, -0.25) is 4.79 Å². The van der Waals surface area contributed by atoms with E-state index in [1.54, 1.807) is 31.2 Å². The number of likely N-dealkylation sites (N-methyl/N-ethyl adjacent to an activating group) is 1. The summed E-state index contributed by atoms with van der Waals surface area (Å²) < 4.78 is 0. The van der Waals surface area contributed by atoms with Crippen molar-refractivity contribution < 1.29 is 9.90 Å². The van der Waals surface area contributed by atoms with Crippen LogP contribution in [0.4, 0.5) is 5.69 Å². The van der Waals surface area contributed by atoms with E-state index in [0.717, 1.165) is 5.56 Å². The minimum atomic E-state index is -0.398. The van der Waals surface area contributed by atoms with E-state index in [9.17, 15) is 9.90 Å². The van der Waals surface area contributed by atoms with Crippen LogP contribution in [0.5, 0.6) is 0 Å². The van der Waals surface area contributed by atoms with Gasteiger partial charge in [-0.25, -0.2) is 0 Å². The molecule has 0 radical (unpaired) electrons. The third-order valence-electron chi connectivity index (χ3n) is 2.73. The fourth-order valence-corrected chi connectivity index (χ4v) is 1.94. The lowest BCUT2D eigenvalue weighted by Crippen LogP contribution is -2.30. The summed E-state index contributed by atoms with van der Waals surface area (Å²) in [4.78, 5) is 14.0. The molecule has 0 aliphatic rings. The highest BCUT2D eigenvalue weighted by Crippen LogP contribution is 2.11. The van der Waals surface area contributed by atoms with Crippen molar-refractivity contribution in [1.82, 2.24) is 4.90 Å². The summed E-state index contributed by atoms with van der Waals surface area (Å²) in [7, 11) is 1.87. The minimum Gasteiger partial charge on any atom is -0.392 e. The van der Waals surface area contributed by atoms with Gasteiger partial charge in [0.15, 0.2) is 0 Å². The lowest BCUT2D eigenvalue weighted by atomic mass is 10.2. The van der Waals surface area contributed by atoms with Crippen LogP contribution in [-0.4, -0.2) is 47.1 Å². The van der Waals surface area contributed by atoms with Crippen LogP contribution in [0.15, 0.2) is 24.3 Å². The van der Waals surface area contributed by atoms with Crippen molar-refractivity contribution in [2.24, 2.45) is 5.73 Å². The van der Waals surface area contributed by atoms with Crippen LogP contribution < -0.4 is 11.1 Å². The van der Waals surface area contributed by atoms with E-state index in [2.05, 4.69) is 5.32 Å². The van der Waals surface area contributed by atoms with E-state index < -0.39 is 6.10 Å². The summed E-state index contributed by atoms with van der Waals surface area (Å²) in [6.07, 6.45) is -0.0362. The number of carbonyl (C=O) groups excluding carboxylic acids is 1. The molecule has 0 spiro atoms. The fraction of sp³-hybridized carbons (Fsp3) is 0.429. The Hall–Kier alpha value is -1.50. The molecule has 1 aromatic carbocycles. The Kier molecular flexibility index (Phi) is 6.57. The first-order valence-corrected chi connectivity index (χ1v) is 6.85. The average Bonchev–Trinajstić information content (AvgIpc) is 2.36. The summed E-state index contributed by atoms with van der Waals surface area (Å²) in [5.74, 6) is -0.0810. The van der Waals surface area contributed by atoms with Gasteiger partial charge < -0.3 is 21.1 Å². The highest BCUT2D eigenvalue weighted by molar-refractivity contribution is 7.80. The van der Waals surface area contributed by atoms with Crippen LogP contribution in [0.2, 0.25) is 0 Å². The zero-order valence-corrected chi connectivity index (χ0v) is 12.6. The van der Waals surface area contributed by atoms with Crippen molar-refractivity contribution >= 4 is 28.8 Å². The van der Waals surface area contributed by atoms with E-state index in [1.807, 2.05) is 11.9 Å². The maximum Gasteiger partial charge on any atom is 0.225 e. The number of aliphatic hydroxyl groups excluding tert-OH is 1. The molecule has 1 aromatic rings. The number of benzene rings is 1. The monoisotopic (exact) mass is 295 g/mol. The summed E-state index contributed by atoms with van der Waals surface area (Å²) in [5, 5.41) is 12.0. The second-order valence-corrected chi connectivity index (χ2v) is 5.29. The molecule has 4 N–H and O–H groups in total. The molecule has 0 heterocycles. The average molecular weight is 295 g/mol. The third kappa shape index (κ3) is 6.10. The van der Waals surface area contributed by atoms with E-state index in [4.69, 9.17) is 18.0 Å². The number of aliphatic hydroxyl groups is 1. The number of nitrogens with zero attached hydrogens (tertiary/aromatic N) is 1. The molecule has 6 heteroatoms. The van der Waals surface area contributed by atoms with E-state index >= 15 is 0 Å². The van der Waals surface area contributed by atoms with Gasteiger partial charge in [0.25, 0.3) is 0 Å². The summed E-state index contributed by atoms with van der Waals surface area (Å²) in [5.41, 5.74) is 6.95. The van der Waals surface area contributed by atoms with Gasteiger partial charge in [-0.1, -0.05) is 24.4 Å². The number of rotatable bonds is 7. The largest absolute Gasteiger partial charge is 0.392 e. The van der Waals surface area contributed by atoms with Crippen LogP contribution in [-0.2, 0) is 4.79 Å². The first-order valence-electron chi connectivity index (χ1n) is 6.45. The maximum atomic E-state index is 11.8. The van der Waals surface area contributed by atoms with Gasteiger partial charge in [-0.2, -0.15) is 0 Å². The fourth-order valence-electron chi connectivity index (χ4n) is 1.81. The highest BCUT2D eigenvalue weighted by atomic mass is 32.1. The Morgan fingerprint density at radius 3 is 2.85 bits per heavy atom. The van der Waals surface area contributed by atoms with Crippen molar-refractivity contribution in [2.75, 3.05) is 25.5 Å². The first kappa shape index (κ1) is 16.6. The molecule has 1 atom stereocenters. The summed E-state index contributed by atoms with van der Waals surface area (Å²) >= 11 is 4.90. The Labute approximate surface area is 124 Å². The SMILES string of the molecule is CC(O)CN(C)CCC(=O)Nc1cccc(C(N)=S)c1. The van der Waals surface area contributed by atoms with Crippen LogP contribution in [0.3, 0.4) is 0 Å². The molecule has 0 bridgehead atoms. The Morgan fingerprint density at radius 1 is 1.55 bits per heavy atom. The van der Waals surface area contributed by atoms with Crippen LogP contribution in [0, 0.1) is 0 Å².